The zero-order valence-electron chi connectivity index (χ0n) is 9.23. The maximum Gasteiger partial charge on any atom is 0.171 e. The van der Waals surface area contributed by atoms with Gasteiger partial charge in [0.1, 0.15) is 11.6 Å². The fraction of sp³-hybridized carbons (Fsp3) is 0.333. The third kappa shape index (κ3) is 2.06. The van der Waals surface area contributed by atoms with Gasteiger partial charge in [-0.2, -0.15) is 5.10 Å². The van der Waals surface area contributed by atoms with Crippen molar-refractivity contribution in [3.8, 4) is 0 Å². The Kier molecular flexibility index (Phi) is 2.40. The molecule has 88 valence electrons. The number of benzene rings is 1. The number of hydrogen-bond donors (Lipinski definition) is 2. The third-order valence-corrected chi connectivity index (χ3v) is 2.99. The van der Waals surface area contributed by atoms with Crippen molar-refractivity contribution >= 4 is 0 Å². The summed E-state index contributed by atoms with van der Waals surface area (Å²) in [6, 6.07) is 5.70. The molecule has 3 rings (SSSR count). The molecule has 0 unspecified atom stereocenters. The lowest BCUT2D eigenvalue weighted by molar-refractivity contribution is 0.626. The van der Waals surface area contributed by atoms with Gasteiger partial charge in [0, 0.05) is 5.92 Å². The summed E-state index contributed by atoms with van der Waals surface area (Å²) >= 11 is 0. The second-order valence-corrected chi connectivity index (χ2v) is 4.38. The normalized spacial score (nSPS) is 17.1. The predicted molar refractivity (Wildman–Crippen MR) is 60.8 cm³/mol. The number of nitrogens with one attached hydrogen (secondary N) is 1. The number of hydrogen-bond acceptors (Lipinski definition) is 3. The molecule has 1 aliphatic rings. The molecule has 1 aliphatic carbocycles. The Balaban J connectivity index is 1.84. The number of H-pyrrole nitrogens is 1. The van der Waals surface area contributed by atoms with Gasteiger partial charge in [-0.15, -0.1) is 0 Å². The van der Waals surface area contributed by atoms with Crippen LogP contribution in [0.25, 0.3) is 0 Å². The van der Waals surface area contributed by atoms with E-state index in [2.05, 4.69) is 15.2 Å². The van der Waals surface area contributed by atoms with Crippen molar-refractivity contribution < 1.29 is 4.39 Å². The molecule has 1 atom stereocenters. The lowest BCUT2D eigenvalue weighted by atomic mass is 10.1. The maximum absolute atomic E-state index is 12.8. The first-order chi connectivity index (χ1) is 8.24. The molecule has 1 aromatic carbocycles. The van der Waals surface area contributed by atoms with E-state index in [-0.39, 0.29) is 5.82 Å². The first kappa shape index (κ1) is 10.4. The Bertz CT molecular complexity index is 516. The van der Waals surface area contributed by atoms with Crippen LogP contribution < -0.4 is 5.73 Å². The van der Waals surface area contributed by atoms with E-state index in [0.717, 1.165) is 11.4 Å². The smallest absolute Gasteiger partial charge is 0.171 e. The molecular formula is C12H13FN4. The molecule has 1 fully saturated rings. The van der Waals surface area contributed by atoms with Crippen molar-refractivity contribution in [3.05, 3.63) is 47.3 Å². The van der Waals surface area contributed by atoms with Crippen LogP contribution in [0.5, 0.6) is 0 Å². The average molecular weight is 232 g/mol. The summed E-state index contributed by atoms with van der Waals surface area (Å²) in [5.41, 5.74) is 6.85. The topological polar surface area (TPSA) is 67.6 Å². The summed E-state index contributed by atoms with van der Waals surface area (Å²) in [7, 11) is 0. The summed E-state index contributed by atoms with van der Waals surface area (Å²) in [5.74, 6) is 1.74. The maximum atomic E-state index is 12.8. The van der Waals surface area contributed by atoms with E-state index in [1.807, 2.05) is 0 Å². The molecule has 1 heterocycles. The molecule has 0 aliphatic heterocycles. The Morgan fingerprint density at radius 1 is 1.29 bits per heavy atom. The Morgan fingerprint density at radius 3 is 2.65 bits per heavy atom. The van der Waals surface area contributed by atoms with E-state index in [1.54, 1.807) is 12.1 Å². The predicted octanol–water partition coefficient (Wildman–Crippen LogP) is 1.87. The van der Waals surface area contributed by atoms with Crippen molar-refractivity contribution in [2.75, 3.05) is 0 Å². The standard InChI is InChI=1S/C12H13FN4/c13-9-5-3-7(4-6-9)10(14)12-15-11(16-17-12)8-1-2-8/h3-6,8,10H,1-2,14H2,(H,15,16,17)/t10-/m1/s1. The minimum atomic E-state index is -0.403. The summed E-state index contributed by atoms with van der Waals surface area (Å²) in [6.45, 7) is 0. The molecule has 0 bridgehead atoms. The van der Waals surface area contributed by atoms with Crippen LogP contribution >= 0.6 is 0 Å². The van der Waals surface area contributed by atoms with Crippen LogP contribution in [0.2, 0.25) is 0 Å². The van der Waals surface area contributed by atoms with Crippen LogP contribution in [0.4, 0.5) is 4.39 Å². The highest BCUT2D eigenvalue weighted by Crippen LogP contribution is 2.38. The number of nitrogens with zero attached hydrogens (tertiary/aromatic N) is 2. The molecule has 0 amide bonds. The molecule has 0 spiro atoms. The van der Waals surface area contributed by atoms with Crippen molar-refractivity contribution in [2.45, 2.75) is 24.8 Å². The molecule has 0 saturated heterocycles. The van der Waals surface area contributed by atoms with Gasteiger partial charge >= 0.3 is 0 Å². The first-order valence-corrected chi connectivity index (χ1v) is 5.67. The zero-order chi connectivity index (χ0) is 11.8. The number of aromatic amines is 1. The highest BCUT2D eigenvalue weighted by Gasteiger charge is 2.28. The van der Waals surface area contributed by atoms with Crippen LogP contribution in [0.15, 0.2) is 24.3 Å². The van der Waals surface area contributed by atoms with Crippen LogP contribution in [-0.2, 0) is 0 Å². The van der Waals surface area contributed by atoms with E-state index < -0.39 is 6.04 Å². The van der Waals surface area contributed by atoms with E-state index >= 15 is 0 Å². The monoisotopic (exact) mass is 232 g/mol. The van der Waals surface area contributed by atoms with Gasteiger partial charge in [0.15, 0.2) is 5.82 Å². The summed E-state index contributed by atoms with van der Waals surface area (Å²) < 4.78 is 12.8. The lowest BCUT2D eigenvalue weighted by Crippen LogP contribution is -2.13. The van der Waals surface area contributed by atoms with Gasteiger partial charge in [0.25, 0.3) is 0 Å². The fourth-order valence-electron chi connectivity index (χ4n) is 1.79. The fourth-order valence-corrected chi connectivity index (χ4v) is 1.79. The Morgan fingerprint density at radius 2 is 2.00 bits per heavy atom. The van der Waals surface area contributed by atoms with Crippen LogP contribution in [0.1, 0.15) is 42.0 Å². The second kappa shape index (κ2) is 3.92. The molecule has 17 heavy (non-hydrogen) atoms. The molecule has 1 aromatic heterocycles. The number of nitrogens with two attached hydrogens (primary N) is 1. The van der Waals surface area contributed by atoms with Crippen molar-refractivity contribution in [3.63, 3.8) is 0 Å². The third-order valence-electron chi connectivity index (χ3n) is 2.99. The van der Waals surface area contributed by atoms with Crippen molar-refractivity contribution in [1.29, 1.82) is 0 Å². The highest BCUT2D eigenvalue weighted by atomic mass is 19.1. The number of rotatable bonds is 3. The Hall–Kier alpha value is -1.75. The van der Waals surface area contributed by atoms with Gasteiger partial charge in [-0.1, -0.05) is 12.1 Å². The molecule has 3 N–H and O–H groups in total. The molecule has 4 nitrogen and oxygen atoms in total. The minimum absolute atomic E-state index is 0.269. The van der Waals surface area contributed by atoms with Gasteiger partial charge in [-0.3, -0.25) is 5.10 Å². The van der Waals surface area contributed by atoms with Gasteiger partial charge < -0.3 is 5.73 Å². The van der Waals surface area contributed by atoms with Crippen LogP contribution in [-0.4, -0.2) is 15.2 Å². The van der Waals surface area contributed by atoms with Crippen molar-refractivity contribution in [1.82, 2.24) is 15.2 Å². The highest BCUT2D eigenvalue weighted by molar-refractivity contribution is 5.25. The number of aromatic nitrogens is 3. The van der Waals surface area contributed by atoms with Crippen molar-refractivity contribution in [2.24, 2.45) is 5.73 Å². The number of halogens is 1. The minimum Gasteiger partial charge on any atom is -0.318 e. The van der Waals surface area contributed by atoms with Gasteiger partial charge in [0.05, 0.1) is 6.04 Å². The first-order valence-electron chi connectivity index (χ1n) is 5.67. The molecule has 5 heteroatoms. The van der Waals surface area contributed by atoms with Crippen LogP contribution in [0.3, 0.4) is 0 Å². The van der Waals surface area contributed by atoms with Gasteiger partial charge in [0.2, 0.25) is 0 Å². The van der Waals surface area contributed by atoms with Crippen LogP contribution in [0, 0.1) is 5.82 Å². The van der Waals surface area contributed by atoms with Gasteiger partial charge in [-0.05, 0) is 30.5 Å². The van der Waals surface area contributed by atoms with Gasteiger partial charge in [-0.25, -0.2) is 9.37 Å². The van der Waals surface area contributed by atoms with E-state index in [4.69, 9.17) is 5.73 Å². The van der Waals surface area contributed by atoms with E-state index in [9.17, 15) is 4.39 Å². The average Bonchev–Trinajstić information content (AvgIpc) is 3.07. The SMILES string of the molecule is N[C@H](c1ccc(F)cc1)c1n[nH]c(C2CC2)n1. The molecule has 2 aromatic rings. The largest absolute Gasteiger partial charge is 0.318 e. The summed E-state index contributed by atoms with van der Waals surface area (Å²) in [4.78, 5) is 4.39. The van der Waals surface area contributed by atoms with E-state index in [0.29, 0.717) is 11.7 Å². The molecule has 0 radical (unpaired) electrons. The second-order valence-electron chi connectivity index (χ2n) is 4.38. The molecule has 1 saturated carbocycles. The lowest BCUT2D eigenvalue weighted by Gasteiger charge is -2.07. The van der Waals surface area contributed by atoms with E-state index in [1.165, 1.54) is 25.0 Å². The quantitative estimate of drug-likeness (QED) is 0.848. The summed E-state index contributed by atoms with van der Waals surface area (Å²) in [5, 5.41) is 7.04. The molecular weight excluding hydrogens is 219 g/mol. The summed E-state index contributed by atoms with van der Waals surface area (Å²) in [6.07, 6.45) is 2.33. The Labute approximate surface area is 98.1 Å². The zero-order valence-corrected chi connectivity index (χ0v) is 9.23.